The minimum absolute atomic E-state index is 0.0488. The zero-order chi connectivity index (χ0) is 15.5. The number of ether oxygens (including phenoxy) is 2. The molecule has 0 fully saturated rings. The number of nitrogens with zero attached hydrogens (tertiary/aromatic N) is 2. The van der Waals surface area contributed by atoms with E-state index in [0.717, 1.165) is 0 Å². The van der Waals surface area contributed by atoms with Gasteiger partial charge in [0.15, 0.2) is 5.70 Å². The lowest BCUT2D eigenvalue weighted by Crippen LogP contribution is -2.10. The number of esters is 1. The molecular weight excluding hydrogens is 314 g/mol. The van der Waals surface area contributed by atoms with E-state index in [1.807, 2.05) is 0 Å². The molecule has 2 heterocycles. The van der Waals surface area contributed by atoms with Crippen molar-refractivity contribution in [2.45, 2.75) is 6.61 Å². The second-order valence-corrected chi connectivity index (χ2v) is 4.84. The highest BCUT2D eigenvalue weighted by molar-refractivity contribution is 7.07. The molecular formula is C14H8F2N2O3S. The third-order valence-corrected chi connectivity index (χ3v) is 3.29. The van der Waals surface area contributed by atoms with E-state index in [-0.39, 0.29) is 22.9 Å². The summed E-state index contributed by atoms with van der Waals surface area (Å²) >= 11 is 1.37. The van der Waals surface area contributed by atoms with Crippen LogP contribution in [0, 0.1) is 0 Å². The minimum Gasteiger partial charge on any atom is -0.434 e. The summed E-state index contributed by atoms with van der Waals surface area (Å²) in [5.41, 5.74) is 2.41. The maximum atomic E-state index is 12.4. The summed E-state index contributed by atoms with van der Waals surface area (Å²) in [6.07, 6.45) is 1.46. The fraction of sp³-hybridized carbons (Fsp3) is 0.0714. The second-order valence-electron chi connectivity index (χ2n) is 4.12. The van der Waals surface area contributed by atoms with Crippen molar-refractivity contribution in [3.63, 3.8) is 0 Å². The van der Waals surface area contributed by atoms with Crippen molar-refractivity contribution in [2.24, 2.45) is 4.99 Å². The van der Waals surface area contributed by atoms with Crippen molar-refractivity contribution in [2.75, 3.05) is 0 Å². The average molecular weight is 322 g/mol. The first-order valence-electron chi connectivity index (χ1n) is 6.08. The number of cyclic esters (lactones) is 1. The van der Waals surface area contributed by atoms with Crippen LogP contribution in [-0.2, 0) is 9.53 Å². The van der Waals surface area contributed by atoms with Crippen LogP contribution in [0.2, 0.25) is 0 Å². The van der Waals surface area contributed by atoms with Gasteiger partial charge >= 0.3 is 12.6 Å². The number of alkyl halides is 2. The Morgan fingerprint density at radius 2 is 2.14 bits per heavy atom. The number of carbonyl (C=O) groups is 1. The van der Waals surface area contributed by atoms with Gasteiger partial charge in [-0.15, -0.1) is 11.3 Å². The number of thiazole rings is 1. The van der Waals surface area contributed by atoms with Crippen molar-refractivity contribution in [1.82, 2.24) is 4.98 Å². The molecule has 1 aromatic carbocycles. The molecule has 1 aromatic heterocycles. The standard InChI is InChI=1S/C14H8F2N2O3S/c15-14(16)20-11-4-2-1-3-9(11)12-18-10(13(19)21-12)5-8-6-22-7-17-8/h1-7,14H. The van der Waals surface area contributed by atoms with Crippen molar-refractivity contribution < 1.29 is 23.0 Å². The van der Waals surface area contributed by atoms with Crippen molar-refractivity contribution in [3.8, 4) is 5.75 Å². The molecule has 0 atom stereocenters. The van der Waals surface area contributed by atoms with Gasteiger partial charge < -0.3 is 9.47 Å². The van der Waals surface area contributed by atoms with Gasteiger partial charge in [0.25, 0.3) is 0 Å². The van der Waals surface area contributed by atoms with Gasteiger partial charge in [0.05, 0.1) is 16.8 Å². The molecule has 0 bridgehead atoms. The van der Waals surface area contributed by atoms with Crippen molar-refractivity contribution in [1.29, 1.82) is 0 Å². The van der Waals surface area contributed by atoms with Gasteiger partial charge in [-0.3, -0.25) is 0 Å². The maximum Gasteiger partial charge on any atom is 0.387 e. The minimum atomic E-state index is -2.98. The van der Waals surface area contributed by atoms with Crippen LogP contribution in [0.1, 0.15) is 11.3 Å². The molecule has 0 N–H and O–H groups in total. The Balaban J connectivity index is 1.95. The lowest BCUT2D eigenvalue weighted by molar-refractivity contribution is -0.129. The summed E-state index contributed by atoms with van der Waals surface area (Å²) in [4.78, 5) is 19.8. The molecule has 22 heavy (non-hydrogen) atoms. The van der Waals surface area contributed by atoms with Gasteiger partial charge in [-0.05, 0) is 18.2 Å². The monoisotopic (exact) mass is 322 g/mol. The molecule has 0 unspecified atom stereocenters. The number of aliphatic imine (C=N–C) groups is 1. The molecule has 8 heteroatoms. The van der Waals surface area contributed by atoms with Crippen LogP contribution in [0.3, 0.4) is 0 Å². The smallest absolute Gasteiger partial charge is 0.387 e. The highest BCUT2D eigenvalue weighted by Crippen LogP contribution is 2.26. The fourth-order valence-electron chi connectivity index (χ4n) is 1.80. The Kier molecular flexibility index (Phi) is 3.92. The van der Waals surface area contributed by atoms with Gasteiger partial charge in [0.2, 0.25) is 5.90 Å². The normalized spacial score (nSPS) is 16.0. The van der Waals surface area contributed by atoms with E-state index in [2.05, 4.69) is 14.7 Å². The number of hydrogen-bond donors (Lipinski definition) is 0. The quantitative estimate of drug-likeness (QED) is 0.641. The average Bonchev–Trinajstić information content (AvgIpc) is 3.10. The van der Waals surface area contributed by atoms with E-state index < -0.39 is 12.6 Å². The molecule has 112 valence electrons. The molecule has 0 spiro atoms. The zero-order valence-corrected chi connectivity index (χ0v) is 11.7. The van der Waals surface area contributed by atoms with E-state index >= 15 is 0 Å². The van der Waals surface area contributed by atoms with Crippen LogP contribution in [0.5, 0.6) is 5.75 Å². The van der Waals surface area contributed by atoms with Crippen LogP contribution in [-0.4, -0.2) is 23.5 Å². The number of aromatic nitrogens is 1. The van der Waals surface area contributed by atoms with Crippen molar-refractivity contribution in [3.05, 3.63) is 52.1 Å². The second kappa shape index (κ2) is 6.02. The van der Waals surface area contributed by atoms with Crippen LogP contribution < -0.4 is 4.74 Å². The molecule has 1 aliphatic heterocycles. The van der Waals surface area contributed by atoms with Gasteiger partial charge in [0.1, 0.15) is 5.75 Å². The van der Waals surface area contributed by atoms with Crippen LogP contribution in [0.4, 0.5) is 8.78 Å². The molecule has 0 aliphatic carbocycles. The van der Waals surface area contributed by atoms with Crippen LogP contribution in [0.15, 0.2) is 45.8 Å². The molecule has 5 nitrogen and oxygen atoms in total. The molecule has 3 rings (SSSR count). The van der Waals surface area contributed by atoms with Gasteiger partial charge in [0, 0.05) is 5.38 Å². The molecule has 1 aliphatic rings. The number of rotatable bonds is 4. The summed E-state index contributed by atoms with van der Waals surface area (Å²) in [5.74, 6) is -0.864. The molecule has 0 radical (unpaired) electrons. The fourth-order valence-corrected chi connectivity index (χ4v) is 2.31. The number of hydrogen-bond acceptors (Lipinski definition) is 6. The third kappa shape index (κ3) is 3.01. The van der Waals surface area contributed by atoms with E-state index in [0.29, 0.717) is 5.69 Å². The first kappa shape index (κ1) is 14.3. The lowest BCUT2D eigenvalue weighted by atomic mass is 10.2. The van der Waals surface area contributed by atoms with Gasteiger partial charge in [-0.2, -0.15) is 8.78 Å². The predicted molar refractivity (Wildman–Crippen MR) is 75.8 cm³/mol. The molecule has 0 amide bonds. The van der Waals surface area contributed by atoms with Gasteiger partial charge in [-0.1, -0.05) is 12.1 Å². The number of carbonyl (C=O) groups excluding carboxylic acids is 1. The summed E-state index contributed by atoms with van der Waals surface area (Å²) in [6, 6.07) is 5.96. The third-order valence-electron chi connectivity index (χ3n) is 2.69. The Hall–Kier alpha value is -2.61. The first-order valence-corrected chi connectivity index (χ1v) is 7.03. The number of halogens is 2. The summed E-state index contributed by atoms with van der Waals surface area (Å²) in [5, 5.41) is 1.74. The molecule has 0 saturated heterocycles. The van der Waals surface area contributed by atoms with Crippen LogP contribution >= 0.6 is 11.3 Å². The Morgan fingerprint density at radius 1 is 1.32 bits per heavy atom. The van der Waals surface area contributed by atoms with E-state index in [4.69, 9.17) is 4.74 Å². The highest BCUT2D eigenvalue weighted by atomic mass is 32.1. The Labute approximate surface area is 127 Å². The predicted octanol–water partition coefficient (Wildman–Crippen LogP) is 3.09. The Morgan fingerprint density at radius 3 is 2.86 bits per heavy atom. The van der Waals surface area contributed by atoms with Gasteiger partial charge in [-0.25, -0.2) is 14.8 Å². The van der Waals surface area contributed by atoms with Crippen LogP contribution in [0.25, 0.3) is 6.08 Å². The topological polar surface area (TPSA) is 60.8 Å². The summed E-state index contributed by atoms with van der Waals surface area (Å²) < 4.78 is 34.2. The number of para-hydroxylation sites is 1. The number of benzene rings is 1. The maximum absolute atomic E-state index is 12.4. The van der Waals surface area contributed by atoms with E-state index in [1.54, 1.807) is 17.0 Å². The van der Waals surface area contributed by atoms with E-state index in [9.17, 15) is 13.6 Å². The molecule has 0 saturated carbocycles. The SMILES string of the molecule is O=C1OC(c2ccccc2OC(F)F)=NC1=Cc1cscn1. The largest absolute Gasteiger partial charge is 0.434 e. The molecule has 2 aromatic rings. The summed E-state index contributed by atoms with van der Waals surface area (Å²) in [6.45, 7) is -2.98. The highest BCUT2D eigenvalue weighted by Gasteiger charge is 2.27. The first-order chi connectivity index (χ1) is 10.6. The Bertz CT molecular complexity index is 757. The van der Waals surface area contributed by atoms with E-state index in [1.165, 1.54) is 35.6 Å². The zero-order valence-electron chi connectivity index (χ0n) is 10.9. The lowest BCUT2D eigenvalue weighted by Gasteiger charge is -2.08. The van der Waals surface area contributed by atoms with Crippen molar-refractivity contribution >= 4 is 29.3 Å². The summed E-state index contributed by atoms with van der Waals surface area (Å²) in [7, 11) is 0.